The zero-order valence-corrected chi connectivity index (χ0v) is 11.4. The average Bonchev–Trinajstić information content (AvgIpc) is 2.19. The summed E-state index contributed by atoms with van der Waals surface area (Å²) in [6.45, 7) is 5.16. The van der Waals surface area contributed by atoms with E-state index < -0.39 is 23.8 Å². The van der Waals surface area contributed by atoms with Crippen LogP contribution in [0.2, 0.25) is 0 Å². The van der Waals surface area contributed by atoms with Gasteiger partial charge in [0.05, 0.1) is 0 Å². The number of hydrogen-bond acceptors (Lipinski definition) is 3. The van der Waals surface area contributed by atoms with Gasteiger partial charge in [-0.05, 0) is 27.2 Å². The van der Waals surface area contributed by atoms with Crippen molar-refractivity contribution in [2.24, 2.45) is 0 Å². The Morgan fingerprint density at radius 3 is 2.16 bits per heavy atom. The molecular weight excluding hydrogens is 265 g/mol. The predicted molar refractivity (Wildman–Crippen MR) is 62.5 cm³/mol. The van der Waals surface area contributed by atoms with Crippen LogP contribution in [0.3, 0.4) is 0 Å². The quantitative estimate of drug-likeness (QED) is 0.802. The maximum absolute atomic E-state index is 11.9. The van der Waals surface area contributed by atoms with E-state index in [1.54, 1.807) is 26.1 Å². The Morgan fingerprint density at radius 2 is 1.74 bits per heavy atom. The fraction of sp³-hybridized carbons (Fsp3) is 0.818. The van der Waals surface area contributed by atoms with E-state index in [2.05, 4.69) is 0 Å². The lowest BCUT2D eigenvalue weighted by molar-refractivity contribution is -0.173. The summed E-state index contributed by atoms with van der Waals surface area (Å²) in [6.07, 6.45) is -5.23. The standard InChI is InChI=1S/C11H19F3N2O3/c1-10(2,3)19-9(18)16(4)7-5-6-15-8(17)11(12,13)14/h5-7H2,1-4H3,(H,15,17). The van der Waals surface area contributed by atoms with Crippen molar-refractivity contribution in [3.63, 3.8) is 0 Å². The molecule has 0 aliphatic heterocycles. The van der Waals surface area contributed by atoms with E-state index in [9.17, 15) is 22.8 Å². The molecule has 0 aliphatic rings. The highest BCUT2D eigenvalue weighted by Gasteiger charge is 2.38. The predicted octanol–water partition coefficient (Wildman–Crippen LogP) is 1.92. The third-order valence-electron chi connectivity index (χ3n) is 1.92. The van der Waals surface area contributed by atoms with E-state index in [1.165, 1.54) is 11.9 Å². The SMILES string of the molecule is CN(CCCNC(=O)C(F)(F)F)C(=O)OC(C)(C)C. The van der Waals surface area contributed by atoms with E-state index in [1.807, 2.05) is 0 Å². The lowest BCUT2D eigenvalue weighted by Crippen LogP contribution is -2.39. The molecule has 8 heteroatoms. The van der Waals surface area contributed by atoms with Crippen LogP contribution in [0.1, 0.15) is 27.2 Å². The molecule has 0 spiro atoms. The number of ether oxygens (including phenoxy) is 1. The zero-order chi connectivity index (χ0) is 15.3. The van der Waals surface area contributed by atoms with Crippen molar-refractivity contribution in [1.29, 1.82) is 0 Å². The largest absolute Gasteiger partial charge is 0.471 e. The minimum atomic E-state index is -4.88. The summed E-state index contributed by atoms with van der Waals surface area (Å²) in [4.78, 5) is 23.2. The number of hydrogen-bond donors (Lipinski definition) is 1. The van der Waals surface area contributed by atoms with Crippen LogP contribution >= 0.6 is 0 Å². The average molecular weight is 284 g/mol. The maximum atomic E-state index is 11.9. The van der Waals surface area contributed by atoms with Gasteiger partial charge in [0.1, 0.15) is 5.60 Å². The van der Waals surface area contributed by atoms with Gasteiger partial charge in [0, 0.05) is 20.1 Å². The van der Waals surface area contributed by atoms with Crippen LogP contribution in [-0.4, -0.2) is 48.8 Å². The number of nitrogens with zero attached hydrogens (tertiary/aromatic N) is 1. The first kappa shape index (κ1) is 17.5. The number of nitrogens with one attached hydrogen (secondary N) is 1. The van der Waals surface area contributed by atoms with E-state index >= 15 is 0 Å². The molecule has 2 amide bonds. The van der Waals surface area contributed by atoms with Crippen molar-refractivity contribution >= 4 is 12.0 Å². The molecule has 19 heavy (non-hydrogen) atoms. The Labute approximate surface area is 110 Å². The lowest BCUT2D eigenvalue weighted by atomic mass is 10.2. The van der Waals surface area contributed by atoms with Gasteiger partial charge in [0.15, 0.2) is 0 Å². The van der Waals surface area contributed by atoms with Crippen LogP contribution in [0.4, 0.5) is 18.0 Å². The lowest BCUT2D eigenvalue weighted by Gasteiger charge is -2.24. The second kappa shape index (κ2) is 6.63. The van der Waals surface area contributed by atoms with Gasteiger partial charge in [-0.1, -0.05) is 0 Å². The molecule has 0 fully saturated rings. The van der Waals surface area contributed by atoms with Crippen LogP contribution in [0.25, 0.3) is 0 Å². The van der Waals surface area contributed by atoms with Gasteiger partial charge in [-0.25, -0.2) is 4.79 Å². The monoisotopic (exact) mass is 284 g/mol. The normalized spacial score (nSPS) is 11.9. The molecule has 0 unspecified atom stereocenters. The Kier molecular flexibility index (Phi) is 6.11. The Hall–Kier alpha value is -1.47. The highest BCUT2D eigenvalue weighted by Crippen LogP contribution is 2.14. The summed E-state index contributed by atoms with van der Waals surface area (Å²) in [6, 6.07) is 0. The van der Waals surface area contributed by atoms with E-state index in [0.717, 1.165) is 0 Å². The molecular formula is C11H19F3N2O3. The van der Waals surface area contributed by atoms with Crippen molar-refractivity contribution in [3.05, 3.63) is 0 Å². The van der Waals surface area contributed by atoms with E-state index in [0.29, 0.717) is 0 Å². The number of halogens is 3. The molecule has 5 nitrogen and oxygen atoms in total. The minimum Gasteiger partial charge on any atom is -0.444 e. The highest BCUT2D eigenvalue weighted by molar-refractivity contribution is 5.81. The van der Waals surface area contributed by atoms with Crippen molar-refractivity contribution in [1.82, 2.24) is 10.2 Å². The van der Waals surface area contributed by atoms with Crippen molar-refractivity contribution in [2.45, 2.75) is 39.0 Å². The van der Waals surface area contributed by atoms with E-state index in [4.69, 9.17) is 4.74 Å². The molecule has 0 saturated carbocycles. The van der Waals surface area contributed by atoms with Crippen molar-refractivity contribution < 1.29 is 27.5 Å². The number of rotatable bonds is 4. The first-order chi connectivity index (χ1) is 8.43. The summed E-state index contributed by atoms with van der Waals surface area (Å²) in [5.41, 5.74) is -0.629. The Morgan fingerprint density at radius 1 is 1.21 bits per heavy atom. The Balaban J connectivity index is 3.90. The first-order valence-electron chi connectivity index (χ1n) is 5.72. The fourth-order valence-electron chi connectivity index (χ4n) is 1.05. The van der Waals surface area contributed by atoms with Gasteiger partial charge in [-0.2, -0.15) is 13.2 Å². The molecule has 0 aliphatic carbocycles. The van der Waals surface area contributed by atoms with Crippen LogP contribution in [0.5, 0.6) is 0 Å². The van der Waals surface area contributed by atoms with Gasteiger partial charge in [-0.15, -0.1) is 0 Å². The molecule has 112 valence electrons. The molecule has 0 atom stereocenters. The van der Waals surface area contributed by atoms with Crippen molar-refractivity contribution in [3.8, 4) is 0 Å². The van der Waals surface area contributed by atoms with Crippen LogP contribution in [0, 0.1) is 0 Å². The molecule has 0 saturated heterocycles. The third-order valence-corrected chi connectivity index (χ3v) is 1.92. The minimum absolute atomic E-state index is 0.161. The molecule has 0 aromatic carbocycles. The number of alkyl halides is 3. The first-order valence-corrected chi connectivity index (χ1v) is 5.72. The van der Waals surface area contributed by atoms with Crippen LogP contribution in [-0.2, 0) is 9.53 Å². The summed E-state index contributed by atoms with van der Waals surface area (Å²) < 4.78 is 40.6. The van der Waals surface area contributed by atoms with Gasteiger partial charge in [0.2, 0.25) is 0 Å². The molecule has 0 bridgehead atoms. The van der Waals surface area contributed by atoms with E-state index in [-0.39, 0.29) is 19.5 Å². The van der Waals surface area contributed by atoms with Gasteiger partial charge in [-0.3, -0.25) is 4.79 Å². The molecule has 0 heterocycles. The summed E-state index contributed by atoms with van der Waals surface area (Å²) in [5.74, 6) is -1.98. The molecule has 0 rings (SSSR count). The number of amides is 2. The van der Waals surface area contributed by atoms with Crippen LogP contribution in [0.15, 0.2) is 0 Å². The highest BCUT2D eigenvalue weighted by atomic mass is 19.4. The Bertz CT molecular complexity index is 324. The summed E-state index contributed by atoms with van der Waals surface area (Å²) in [7, 11) is 1.47. The second-order valence-corrected chi connectivity index (χ2v) is 5.01. The topological polar surface area (TPSA) is 58.6 Å². The third kappa shape index (κ3) is 8.28. The van der Waals surface area contributed by atoms with Gasteiger partial charge in [0.25, 0.3) is 0 Å². The molecule has 0 radical (unpaired) electrons. The summed E-state index contributed by atoms with van der Waals surface area (Å²) in [5, 5.41) is 1.72. The van der Waals surface area contributed by atoms with Crippen molar-refractivity contribution in [2.75, 3.05) is 20.1 Å². The number of carbonyl (C=O) groups is 2. The molecule has 0 aromatic rings. The number of carbonyl (C=O) groups excluding carboxylic acids is 2. The smallest absolute Gasteiger partial charge is 0.444 e. The zero-order valence-electron chi connectivity index (χ0n) is 11.4. The van der Waals surface area contributed by atoms with Gasteiger partial charge < -0.3 is 15.0 Å². The second-order valence-electron chi connectivity index (χ2n) is 5.01. The fourth-order valence-corrected chi connectivity index (χ4v) is 1.05. The summed E-state index contributed by atoms with van der Waals surface area (Å²) >= 11 is 0. The molecule has 0 aromatic heterocycles. The maximum Gasteiger partial charge on any atom is 0.471 e. The van der Waals surface area contributed by atoms with Crippen LogP contribution < -0.4 is 5.32 Å². The van der Waals surface area contributed by atoms with Gasteiger partial charge >= 0.3 is 18.2 Å². The molecule has 1 N–H and O–H groups in total.